The van der Waals surface area contributed by atoms with Crippen molar-refractivity contribution in [2.45, 2.75) is 32.3 Å². The molecule has 0 aromatic heterocycles. The van der Waals surface area contributed by atoms with Crippen LogP contribution in [-0.2, 0) is 4.79 Å². The first-order valence-corrected chi connectivity index (χ1v) is 6.47. The summed E-state index contributed by atoms with van der Waals surface area (Å²) < 4.78 is 0. The summed E-state index contributed by atoms with van der Waals surface area (Å²) >= 11 is 0. The lowest BCUT2D eigenvalue weighted by Crippen LogP contribution is -2.01. The van der Waals surface area contributed by atoms with Gasteiger partial charge in [-0.1, -0.05) is 36.4 Å². The maximum atomic E-state index is 10.5. The minimum Gasteiger partial charge on any atom is -0.481 e. The molecular weight excluding hydrogens is 240 g/mol. The van der Waals surface area contributed by atoms with Gasteiger partial charge in [0.25, 0.3) is 0 Å². The third-order valence-electron chi connectivity index (χ3n) is 3.40. The van der Waals surface area contributed by atoms with Crippen molar-refractivity contribution in [3.8, 4) is 0 Å². The Labute approximate surface area is 112 Å². The molecule has 0 aliphatic rings. The maximum Gasteiger partial charge on any atom is 0.303 e. The van der Waals surface area contributed by atoms with E-state index in [0.29, 0.717) is 12.8 Å². The predicted octanol–water partition coefficient (Wildman–Crippen LogP) is 3.44. The number of carboxylic acids is 1. The number of aliphatic hydroxyl groups excluding tert-OH is 1. The average Bonchev–Trinajstić information content (AvgIpc) is 2.39. The Morgan fingerprint density at radius 2 is 1.84 bits per heavy atom. The molecule has 3 heteroatoms. The van der Waals surface area contributed by atoms with E-state index in [1.54, 1.807) is 0 Å². The molecule has 0 amide bonds. The summed E-state index contributed by atoms with van der Waals surface area (Å²) in [7, 11) is 0. The summed E-state index contributed by atoms with van der Waals surface area (Å²) in [5.41, 5.74) is 2.06. The van der Waals surface area contributed by atoms with Crippen LogP contribution in [0.2, 0.25) is 0 Å². The monoisotopic (exact) mass is 258 g/mol. The van der Waals surface area contributed by atoms with Crippen molar-refractivity contribution in [1.29, 1.82) is 0 Å². The van der Waals surface area contributed by atoms with Crippen molar-refractivity contribution >= 4 is 16.7 Å². The first kappa shape index (κ1) is 13.6. The minimum absolute atomic E-state index is 0.0981. The predicted molar refractivity (Wildman–Crippen MR) is 75.1 cm³/mol. The van der Waals surface area contributed by atoms with Crippen LogP contribution in [0, 0.1) is 6.92 Å². The third-order valence-corrected chi connectivity index (χ3v) is 3.40. The molecule has 0 saturated heterocycles. The standard InChI is InChI=1S/C16H18O3/c1-11-9-10-14(13-6-3-2-5-12(11)13)15(17)7-4-8-16(18)19/h2-3,5-6,9-10,15,17H,4,7-8H2,1H3,(H,18,19)/t15-/m0/s1. The number of carbonyl (C=O) groups is 1. The molecule has 0 spiro atoms. The fraction of sp³-hybridized carbons (Fsp3) is 0.312. The first-order valence-electron chi connectivity index (χ1n) is 6.47. The van der Waals surface area contributed by atoms with Crippen LogP contribution in [0.5, 0.6) is 0 Å². The largest absolute Gasteiger partial charge is 0.481 e. The second-order valence-electron chi connectivity index (χ2n) is 4.82. The fourth-order valence-corrected chi connectivity index (χ4v) is 2.37. The Balaban J connectivity index is 2.24. The summed E-state index contributed by atoms with van der Waals surface area (Å²) in [6, 6.07) is 11.9. The smallest absolute Gasteiger partial charge is 0.303 e. The lowest BCUT2D eigenvalue weighted by atomic mass is 9.95. The van der Waals surface area contributed by atoms with Crippen LogP contribution in [0.1, 0.15) is 36.5 Å². The molecule has 0 aliphatic carbocycles. The first-order chi connectivity index (χ1) is 9.09. The maximum absolute atomic E-state index is 10.5. The van der Waals surface area contributed by atoms with Crippen molar-refractivity contribution in [3.05, 3.63) is 47.5 Å². The van der Waals surface area contributed by atoms with Crippen LogP contribution < -0.4 is 0 Å². The summed E-state index contributed by atoms with van der Waals surface area (Å²) in [6.45, 7) is 2.04. The normalized spacial score (nSPS) is 12.5. The van der Waals surface area contributed by atoms with E-state index in [9.17, 15) is 9.90 Å². The number of rotatable bonds is 5. The summed E-state index contributed by atoms with van der Waals surface area (Å²) in [5.74, 6) is -0.819. The second-order valence-corrected chi connectivity index (χ2v) is 4.82. The molecule has 0 fully saturated rings. The van der Waals surface area contributed by atoms with E-state index in [1.807, 2.05) is 43.3 Å². The number of carboxylic acid groups (broad SMARTS) is 1. The highest BCUT2D eigenvalue weighted by atomic mass is 16.4. The highest BCUT2D eigenvalue weighted by molar-refractivity contribution is 5.88. The van der Waals surface area contributed by atoms with Crippen molar-refractivity contribution < 1.29 is 15.0 Å². The summed E-state index contributed by atoms with van der Waals surface area (Å²) in [5, 5.41) is 21.0. The molecule has 2 aromatic rings. The number of aliphatic carboxylic acids is 1. The van der Waals surface area contributed by atoms with Gasteiger partial charge in [-0.3, -0.25) is 4.79 Å². The number of hydrogen-bond donors (Lipinski definition) is 2. The van der Waals surface area contributed by atoms with Gasteiger partial charge in [0.15, 0.2) is 0 Å². The van der Waals surface area contributed by atoms with E-state index >= 15 is 0 Å². The van der Waals surface area contributed by atoms with Crippen LogP contribution in [0.15, 0.2) is 36.4 Å². The summed E-state index contributed by atoms with van der Waals surface area (Å²) in [6.07, 6.45) is 0.448. The lowest BCUT2D eigenvalue weighted by molar-refractivity contribution is -0.137. The summed E-state index contributed by atoms with van der Waals surface area (Å²) in [4.78, 5) is 10.5. The zero-order chi connectivity index (χ0) is 13.8. The molecular formula is C16H18O3. The molecule has 0 aliphatic heterocycles. The van der Waals surface area contributed by atoms with Gasteiger partial charge in [0.1, 0.15) is 0 Å². The van der Waals surface area contributed by atoms with Crippen LogP contribution >= 0.6 is 0 Å². The number of fused-ring (bicyclic) bond motifs is 1. The SMILES string of the molecule is Cc1ccc([C@@H](O)CCCC(=O)O)c2ccccc12. The molecule has 0 radical (unpaired) electrons. The van der Waals surface area contributed by atoms with Crippen LogP contribution in [-0.4, -0.2) is 16.2 Å². The van der Waals surface area contributed by atoms with Gasteiger partial charge in [-0.05, 0) is 41.7 Å². The highest BCUT2D eigenvalue weighted by Gasteiger charge is 2.12. The highest BCUT2D eigenvalue weighted by Crippen LogP contribution is 2.29. The van der Waals surface area contributed by atoms with Gasteiger partial charge in [0.05, 0.1) is 6.10 Å². The molecule has 2 N–H and O–H groups in total. The molecule has 0 saturated carbocycles. The minimum atomic E-state index is -0.819. The van der Waals surface area contributed by atoms with Crippen LogP contribution in [0.25, 0.3) is 10.8 Å². The van der Waals surface area contributed by atoms with E-state index in [1.165, 1.54) is 5.56 Å². The van der Waals surface area contributed by atoms with Gasteiger partial charge in [-0.2, -0.15) is 0 Å². The van der Waals surface area contributed by atoms with Crippen LogP contribution in [0.4, 0.5) is 0 Å². The third kappa shape index (κ3) is 3.12. The van der Waals surface area contributed by atoms with Gasteiger partial charge in [0, 0.05) is 6.42 Å². The Morgan fingerprint density at radius 3 is 2.53 bits per heavy atom. The molecule has 0 heterocycles. The Morgan fingerprint density at radius 1 is 1.16 bits per heavy atom. The Kier molecular flexibility index (Phi) is 4.17. The van der Waals surface area contributed by atoms with E-state index in [-0.39, 0.29) is 6.42 Å². The van der Waals surface area contributed by atoms with Crippen molar-refractivity contribution in [2.75, 3.05) is 0 Å². The molecule has 19 heavy (non-hydrogen) atoms. The number of hydrogen-bond acceptors (Lipinski definition) is 2. The molecule has 3 nitrogen and oxygen atoms in total. The van der Waals surface area contributed by atoms with Crippen molar-refractivity contribution in [2.24, 2.45) is 0 Å². The van der Waals surface area contributed by atoms with E-state index < -0.39 is 12.1 Å². The molecule has 0 bridgehead atoms. The fourth-order valence-electron chi connectivity index (χ4n) is 2.37. The van der Waals surface area contributed by atoms with Gasteiger partial charge >= 0.3 is 5.97 Å². The quantitative estimate of drug-likeness (QED) is 0.863. The number of aryl methyl sites for hydroxylation is 1. The van der Waals surface area contributed by atoms with Crippen LogP contribution in [0.3, 0.4) is 0 Å². The van der Waals surface area contributed by atoms with E-state index in [2.05, 4.69) is 0 Å². The van der Waals surface area contributed by atoms with Gasteiger partial charge in [-0.25, -0.2) is 0 Å². The molecule has 2 rings (SSSR count). The molecule has 2 aromatic carbocycles. The van der Waals surface area contributed by atoms with Crippen molar-refractivity contribution in [3.63, 3.8) is 0 Å². The Hall–Kier alpha value is -1.87. The van der Waals surface area contributed by atoms with Gasteiger partial charge in [0.2, 0.25) is 0 Å². The molecule has 1 atom stereocenters. The van der Waals surface area contributed by atoms with Gasteiger partial charge in [-0.15, -0.1) is 0 Å². The van der Waals surface area contributed by atoms with E-state index in [0.717, 1.165) is 16.3 Å². The topological polar surface area (TPSA) is 57.5 Å². The second kappa shape index (κ2) is 5.85. The molecule has 0 unspecified atom stereocenters. The zero-order valence-corrected chi connectivity index (χ0v) is 11.0. The number of aliphatic hydroxyl groups is 1. The van der Waals surface area contributed by atoms with Crippen molar-refractivity contribution in [1.82, 2.24) is 0 Å². The average molecular weight is 258 g/mol. The molecule has 100 valence electrons. The number of benzene rings is 2. The lowest BCUT2D eigenvalue weighted by Gasteiger charge is -2.14. The van der Waals surface area contributed by atoms with Gasteiger partial charge < -0.3 is 10.2 Å². The zero-order valence-electron chi connectivity index (χ0n) is 11.0. The Bertz CT molecular complexity index is 590. The van der Waals surface area contributed by atoms with E-state index in [4.69, 9.17) is 5.11 Å².